The number of hydrogen-bond donors (Lipinski definition) is 1. The molecule has 0 saturated carbocycles. The second-order valence-corrected chi connectivity index (χ2v) is 5.94. The summed E-state index contributed by atoms with van der Waals surface area (Å²) in [5, 5.41) is 3.47. The summed E-state index contributed by atoms with van der Waals surface area (Å²) >= 11 is 6.94. The fourth-order valence-corrected chi connectivity index (χ4v) is 2.70. The molecule has 0 atom stereocenters. The standard InChI is InChI=1S/C14H21Br2NO2/c1-4-10(5-2)17-6-7-19-14-9-11(15)13(18-3)8-12(14)16/h8-10,17H,4-7H2,1-3H3. The Hall–Kier alpha value is -0.260. The third-order valence-electron chi connectivity index (χ3n) is 2.98. The van der Waals surface area contributed by atoms with Crippen molar-refractivity contribution in [3.63, 3.8) is 0 Å². The second-order valence-electron chi connectivity index (χ2n) is 4.23. The van der Waals surface area contributed by atoms with Gasteiger partial charge in [0, 0.05) is 12.6 Å². The second kappa shape index (κ2) is 8.82. The van der Waals surface area contributed by atoms with Crippen LogP contribution in [0.4, 0.5) is 0 Å². The fraction of sp³-hybridized carbons (Fsp3) is 0.571. The molecule has 0 spiro atoms. The third kappa shape index (κ3) is 5.32. The zero-order chi connectivity index (χ0) is 14.3. The molecule has 0 aliphatic carbocycles. The van der Waals surface area contributed by atoms with E-state index in [1.165, 1.54) is 0 Å². The van der Waals surface area contributed by atoms with Gasteiger partial charge in [-0.15, -0.1) is 0 Å². The number of hydrogen-bond acceptors (Lipinski definition) is 3. The number of benzene rings is 1. The van der Waals surface area contributed by atoms with Crippen LogP contribution in [0.25, 0.3) is 0 Å². The van der Waals surface area contributed by atoms with Gasteiger partial charge in [-0.3, -0.25) is 0 Å². The summed E-state index contributed by atoms with van der Waals surface area (Å²) in [5.74, 6) is 1.61. The summed E-state index contributed by atoms with van der Waals surface area (Å²) in [5.41, 5.74) is 0. The van der Waals surface area contributed by atoms with E-state index >= 15 is 0 Å². The quantitative estimate of drug-likeness (QED) is 0.663. The molecule has 0 aliphatic heterocycles. The Balaban J connectivity index is 2.47. The molecule has 19 heavy (non-hydrogen) atoms. The van der Waals surface area contributed by atoms with Gasteiger partial charge < -0.3 is 14.8 Å². The summed E-state index contributed by atoms with van der Waals surface area (Å²) in [4.78, 5) is 0. The van der Waals surface area contributed by atoms with Crippen molar-refractivity contribution in [1.82, 2.24) is 5.32 Å². The van der Waals surface area contributed by atoms with E-state index in [0.717, 1.165) is 39.8 Å². The normalized spacial score (nSPS) is 10.8. The summed E-state index contributed by atoms with van der Waals surface area (Å²) < 4.78 is 12.8. The Morgan fingerprint density at radius 3 is 2.26 bits per heavy atom. The molecule has 0 bridgehead atoms. The molecule has 1 aromatic rings. The predicted molar refractivity (Wildman–Crippen MR) is 86.3 cm³/mol. The minimum Gasteiger partial charge on any atom is -0.496 e. The lowest BCUT2D eigenvalue weighted by molar-refractivity contribution is 0.300. The molecular formula is C14H21Br2NO2. The molecule has 1 aromatic carbocycles. The van der Waals surface area contributed by atoms with Crippen molar-refractivity contribution >= 4 is 31.9 Å². The first-order valence-corrected chi connectivity index (χ1v) is 8.10. The zero-order valence-corrected chi connectivity index (χ0v) is 14.8. The van der Waals surface area contributed by atoms with Gasteiger partial charge in [0.2, 0.25) is 0 Å². The van der Waals surface area contributed by atoms with Crippen LogP contribution < -0.4 is 14.8 Å². The van der Waals surface area contributed by atoms with Gasteiger partial charge in [0.1, 0.15) is 18.1 Å². The van der Waals surface area contributed by atoms with Gasteiger partial charge in [-0.05, 0) is 56.8 Å². The van der Waals surface area contributed by atoms with Gasteiger partial charge in [0.15, 0.2) is 0 Å². The highest BCUT2D eigenvalue weighted by atomic mass is 79.9. The minimum absolute atomic E-state index is 0.578. The molecule has 5 heteroatoms. The first-order valence-electron chi connectivity index (χ1n) is 6.51. The molecule has 1 N–H and O–H groups in total. The average molecular weight is 395 g/mol. The van der Waals surface area contributed by atoms with Crippen molar-refractivity contribution < 1.29 is 9.47 Å². The third-order valence-corrected chi connectivity index (χ3v) is 4.22. The van der Waals surface area contributed by atoms with Crippen molar-refractivity contribution in [3.05, 3.63) is 21.1 Å². The molecule has 0 heterocycles. The molecule has 0 amide bonds. The maximum Gasteiger partial charge on any atom is 0.134 e. The molecular weight excluding hydrogens is 374 g/mol. The lowest BCUT2D eigenvalue weighted by Gasteiger charge is -2.15. The van der Waals surface area contributed by atoms with Crippen molar-refractivity contribution in [2.24, 2.45) is 0 Å². The number of nitrogens with one attached hydrogen (secondary N) is 1. The summed E-state index contributed by atoms with van der Waals surface area (Å²) in [7, 11) is 1.65. The van der Waals surface area contributed by atoms with Crippen molar-refractivity contribution in [1.29, 1.82) is 0 Å². The molecule has 108 valence electrons. The molecule has 0 radical (unpaired) electrons. The number of ether oxygens (including phenoxy) is 2. The van der Waals surface area contributed by atoms with E-state index < -0.39 is 0 Å². The van der Waals surface area contributed by atoms with Gasteiger partial charge in [0.05, 0.1) is 16.1 Å². The largest absolute Gasteiger partial charge is 0.496 e. The number of rotatable bonds is 8. The predicted octanol–water partition coefficient (Wildman–Crippen LogP) is 4.38. The first kappa shape index (κ1) is 16.8. The molecule has 0 saturated heterocycles. The molecule has 0 unspecified atom stereocenters. The Bertz CT molecular complexity index is 395. The monoisotopic (exact) mass is 393 g/mol. The van der Waals surface area contributed by atoms with Gasteiger partial charge in [-0.1, -0.05) is 13.8 Å². The topological polar surface area (TPSA) is 30.5 Å². The highest BCUT2D eigenvalue weighted by Gasteiger charge is 2.08. The highest BCUT2D eigenvalue weighted by molar-refractivity contribution is 9.11. The van der Waals surface area contributed by atoms with Crippen LogP contribution >= 0.6 is 31.9 Å². The van der Waals surface area contributed by atoms with Gasteiger partial charge in [-0.2, -0.15) is 0 Å². The minimum atomic E-state index is 0.578. The first-order chi connectivity index (χ1) is 9.12. The van der Waals surface area contributed by atoms with Crippen LogP contribution in [-0.2, 0) is 0 Å². The van der Waals surface area contributed by atoms with E-state index in [9.17, 15) is 0 Å². The average Bonchev–Trinajstić information content (AvgIpc) is 2.42. The lowest BCUT2D eigenvalue weighted by atomic mass is 10.2. The van der Waals surface area contributed by atoms with Crippen LogP contribution in [0.5, 0.6) is 11.5 Å². The SMILES string of the molecule is CCC(CC)NCCOc1cc(Br)c(OC)cc1Br. The fourth-order valence-electron chi connectivity index (χ4n) is 1.78. The zero-order valence-electron chi connectivity index (χ0n) is 11.6. The summed E-state index contributed by atoms with van der Waals surface area (Å²) in [6.45, 7) is 5.88. The maximum atomic E-state index is 5.76. The highest BCUT2D eigenvalue weighted by Crippen LogP contribution is 2.35. The van der Waals surface area contributed by atoms with E-state index in [1.807, 2.05) is 12.1 Å². The smallest absolute Gasteiger partial charge is 0.134 e. The van der Waals surface area contributed by atoms with E-state index in [0.29, 0.717) is 12.6 Å². The van der Waals surface area contributed by atoms with Gasteiger partial charge >= 0.3 is 0 Å². The molecule has 3 nitrogen and oxygen atoms in total. The van der Waals surface area contributed by atoms with Crippen molar-refractivity contribution in [3.8, 4) is 11.5 Å². The number of methoxy groups -OCH3 is 1. The van der Waals surface area contributed by atoms with Gasteiger partial charge in [0.25, 0.3) is 0 Å². The molecule has 1 rings (SSSR count). The lowest BCUT2D eigenvalue weighted by Crippen LogP contribution is -2.31. The van der Waals surface area contributed by atoms with Crippen LogP contribution in [0.15, 0.2) is 21.1 Å². The van der Waals surface area contributed by atoms with E-state index in [2.05, 4.69) is 51.0 Å². The Morgan fingerprint density at radius 2 is 1.68 bits per heavy atom. The summed E-state index contributed by atoms with van der Waals surface area (Å²) in [6, 6.07) is 4.39. The van der Waals surface area contributed by atoms with Crippen molar-refractivity contribution in [2.75, 3.05) is 20.3 Å². The van der Waals surface area contributed by atoms with Crippen LogP contribution in [0.3, 0.4) is 0 Å². The van der Waals surface area contributed by atoms with Crippen LogP contribution in [0.2, 0.25) is 0 Å². The Labute approximate surface area is 132 Å². The van der Waals surface area contributed by atoms with Crippen LogP contribution in [0, 0.1) is 0 Å². The Kier molecular flexibility index (Phi) is 7.80. The van der Waals surface area contributed by atoms with E-state index in [1.54, 1.807) is 7.11 Å². The van der Waals surface area contributed by atoms with Crippen LogP contribution in [-0.4, -0.2) is 26.3 Å². The van der Waals surface area contributed by atoms with E-state index in [-0.39, 0.29) is 0 Å². The van der Waals surface area contributed by atoms with E-state index in [4.69, 9.17) is 9.47 Å². The Morgan fingerprint density at radius 1 is 1.11 bits per heavy atom. The maximum absolute atomic E-state index is 5.76. The van der Waals surface area contributed by atoms with Crippen LogP contribution in [0.1, 0.15) is 26.7 Å². The summed E-state index contributed by atoms with van der Waals surface area (Å²) in [6.07, 6.45) is 2.29. The van der Waals surface area contributed by atoms with Gasteiger partial charge in [-0.25, -0.2) is 0 Å². The van der Waals surface area contributed by atoms with Crippen molar-refractivity contribution in [2.45, 2.75) is 32.7 Å². The molecule has 0 aromatic heterocycles. The molecule has 0 aliphatic rings. The number of halogens is 2. The molecule has 0 fully saturated rings.